The van der Waals surface area contributed by atoms with Crippen LogP contribution in [0.1, 0.15) is 26.2 Å². The van der Waals surface area contributed by atoms with Gasteiger partial charge in [-0.1, -0.05) is 0 Å². The first-order valence-electron chi connectivity index (χ1n) is 5.18. The fourth-order valence-electron chi connectivity index (χ4n) is 1.61. The van der Waals surface area contributed by atoms with Crippen LogP contribution >= 0.6 is 0 Å². The molecular formula is C10H21NO2. The van der Waals surface area contributed by atoms with Gasteiger partial charge in [-0.15, -0.1) is 0 Å². The highest BCUT2D eigenvalue weighted by atomic mass is 16.5. The van der Waals surface area contributed by atoms with E-state index in [1.807, 2.05) is 0 Å². The maximum atomic E-state index is 5.87. The Labute approximate surface area is 80.8 Å². The Morgan fingerprint density at radius 2 is 2.08 bits per heavy atom. The smallest absolute Gasteiger partial charge is 0.0603 e. The zero-order valence-electron chi connectivity index (χ0n) is 8.71. The fourth-order valence-corrected chi connectivity index (χ4v) is 1.61. The van der Waals surface area contributed by atoms with Gasteiger partial charge < -0.3 is 14.8 Å². The molecule has 1 aliphatic heterocycles. The molecule has 3 nitrogen and oxygen atoms in total. The van der Waals surface area contributed by atoms with Crippen molar-refractivity contribution >= 4 is 0 Å². The molecule has 0 bridgehead atoms. The van der Waals surface area contributed by atoms with Gasteiger partial charge in [-0.3, -0.25) is 0 Å². The van der Waals surface area contributed by atoms with Crippen LogP contribution in [0.25, 0.3) is 0 Å². The summed E-state index contributed by atoms with van der Waals surface area (Å²) < 4.78 is 10.9. The SMILES string of the molecule is COCCC(C)OC1CCNCC1. The van der Waals surface area contributed by atoms with Crippen molar-refractivity contribution in [2.75, 3.05) is 26.8 Å². The van der Waals surface area contributed by atoms with Gasteiger partial charge in [-0.2, -0.15) is 0 Å². The lowest BCUT2D eigenvalue weighted by molar-refractivity contribution is -0.0292. The highest BCUT2D eigenvalue weighted by Crippen LogP contribution is 2.11. The van der Waals surface area contributed by atoms with E-state index < -0.39 is 0 Å². The molecule has 1 saturated heterocycles. The summed E-state index contributed by atoms with van der Waals surface area (Å²) in [7, 11) is 1.73. The second-order valence-electron chi connectivity index (χ2n) is 3.68. The van der Waals surface area contributed by atoms with Crippen molar-refractivity contribution in [2.24, 2.45) is 0 Å². The van der Waals surface area contributed by atoms with E-state index in [-0.39, 0.29) is 0 Å². The normalized spacial score (nSPS) is 21.7. The van der Waals surface area contributed by atoms with E-state index in [1.165, 1.54) is 0 Å². The Balaban J connectivity index is 2.07. The maximum absolute atomic E-state index is 5.87. The lowest BCUT2D eigenvalue weighted by Gasteiger charge is -2.26. The number of piperidine rings is 1. The summed E-state index contributed by atoms with van der Waals surface area (Å²) in [6.45, 7) is 5.12. The molecule has 78 valence electrons. The molecule has 13 heavy (non-hydrogen) atoms. The predicted octanol–water partition coefficient (Wildman–Crippen LogP) is 1.18. The minimum absolute atomic E-state index is 0.336. The lowest BCUT2D eigenvalue weighted by atomic mass is 10.1. The summed E-state index contributed by atoms with van der Waals surface area (Å²) in [6.07, 6.45) is 4.10. The number of methoxy groups -OCH3 is 1. The van der Waals surface area contributed by atoms with Gasteiger partial charge in [-0.05, 0) is 39.3 Å². The zero-order chi connectivity index (χ0) is 9.52. The van der Waals surface area contributed by atoms with E-state index >= 15 is 0 Å². The first-order valence-corrected chi connectivity index (χ1v) is 5.18. The first kappa shape index (κ1) is 11.0. The van der Waals surface area contributed by atoms with Crippen molar-refractivity contribution in [3.63, 3.8) is 0 Å². The number of ether oxygens (including phenoxy) is 2. The molecule has 0 aromatic heterocycles. The van der Waals surface area contributed by atoms with Crippen LogP contribution in [-0.4, -0.2) is 39.0 Å². The maximum Gasteiger partial charge on any atom is 0.0603 e. The quantitative estimate of drug-likeness (QED) is 0.701. The minimum Gasteiger partial charge on any atom is -0.385 e. The molecule has 0 radical (unpaired) electrons. The van der Waals surface area contributed by atoms with Crippen molar-refractivity contribution in [1.82, 2.24) is 5.32 Å². The summed E-state index contributed by atoms with van der Waals surface area (Å²) in [5.74, 6) is 0. The van der Waals surface area contributed by atoms with Crippen LogP contribution in [0.4, 0.5) is 0 Å². The Bertz CT molecular complexity index is 124. The topological polar surface area (TPSA) is 30.5 Å². The van der Waals surface area contributed by atoms with Gasteiger partial charge in [0.25, 0.3) is 0 Å². The van der Waals surface area contributed by atoms with E-state index in [0.29, 0.717) is 12.2 Å². The van der Waals surface area contributed by atoms with Gasteiger partial charge in [0.05, 0.1) is 12.2 Å². The highest BCUT2D eigenvalue weighted by Gasteiger charge is 2.15. The van der Waals surface area contributed by atoms with Crippen molar-refractivity contribution in [3.8, 4) is 0 Å². The Morgan fingerprint density at radius 3 is 2.69 bits per heavy atom. The number of hydrogen-bond acceptors (Lipinski definition) is 3. The van der Waals surface area contributed by atoms with Crippen molar-refractivity contribution < 1.29 is 9.47 Å². The molecule has 0 amide bonds. The van der Waals surface area contributed by atoms with Crippen LogP contribution in [0.5, 0.6) is 0 Å². The summed E-state index contributed by atoms with van der Waals surface area (Å²) >= 11 is 0. The molecule has 1 N–H and O–H groups in total. The molecule has 0 aromatic rings. The Hall–Kier alpha value is -0.120. The van der Waals surface area contributed by atoms with Crippen LogP contribution in [0.3, 0.4) is 0 Å². The monoisotopic (exact) mass is 187 g/mol. The third kappa shape index (κ3) is 4.60. The molecular weight excluding hydrogens is 166 g/mol. The average molecular weight is 187 g/mol. The molecule has 0 aromatic carbocycles. The third-order valence-electron chi connectivity index (χ3n) is 2.44. The third-order valence-corrected chi connectivity index (χ3v) is 2.44. The summed E-state index contributed by atoms with van der Waals surface area (Å²) in [5.41, 5.74) is 0. The van der Waals surface area contributed by atoms with Crippen LogP contribution < -0.4 is 5.32 Å². The Morgan fingerprint density at radius 1 is 1.38 bits per heavy atom. The summed E-state index contributed by atoms with van der Waals surface area (Å²) in [6, 6.07) is 0. The highest BCUT2D eigenvalue weighted by molar-refractivity contribution is 4.69. The molecule has 1 heterocycles. The molecule has 3 heteroatoms. The predicted molar refractivity (Wildman–Crippen MR) is 52.9 cm³/mol. The van der Waals surface area contributed by atoms with Crippen molar-refractivity contribution in [2.45, 2.75) is 38.4 Å². The van der Waals surface area contributed by atoms with Gasteiger partial charge in [-0.25, -0.2) is 0 Å². The molecule has 1 fully saturated rings. The first-order chi connectivity index (χ1) is 6.33. The van der Waals surface area contributed by atoms with Gasteiger partial charge in [0, 0.05) is 13.7 Å². The van der Waals surface area contributed by atoms with E-state index in [9.17, 15) is 0 Å². The fraction of sp³-hybridized carbons (Fsp3) is 1.00. The molecule has 0 spiro atoms. The van der Waals surface area contributed by atoms with E-state index in [0.717, 1.165) is 39.0 Å². The van der Waals surface area contributed by atoms with E-state index in [4.69, 9.17) is 9.47 Å². The minimum atomic E-state index is 0.336. The summed E-state index contributed by atoms with van der Waals surface area (Å²) in [4.78, 5) is 0. The Kier molecular flexibility index (Phi) is 5.35. The second kappa shape index (κ2) is 6.35. The van der Waals surface area contributed by atoms with Crippen LogP contribution in [0.15, 0.2) is 0 Å². The van der Waals surface area contributed by atoms with Gasteiger partial charge in [0.2, 0.25) is 0 Å². The molecule has 0 aliphatic carbocycles. The van der Waals surface area contributed by atoms with Crippen LogP contribution in [0.2, 0.25) is 0 Å². The summed E-state index contributed by atoms with van der Waals surface area (Å²) in [5, 5.41) is 3.33. The van der Waals surface area contributed by atoms with E-state index in [2.05, 4.69) is 12.2 Å². The average Bonchev–Trinajstić information content (AvgIpc) is 2.16. The standard InChI is InChI=1S/C10H21NO2/c1-9(5-8-12-2)13-10-3-6-11-7-4-10/h9-11H,3-8H2,1-2H3. The zero-order valence-corrected chi connectivity index (χ0v) is 8.71. The molecule has 1 unspecified atom stereocenters. The number of hydrogen-bond donors (Lipinski definition) is 1. The van der Waals surface area contributed by atoms with Gasteiger partial charge in [0.1, 0.15) is 0 Å². The second-order valence-corrected chi connectivity index (χ2v) is 3.68. The van der Waals surface area contributed by atoms with Crippen molar-refractivity contribution in [1.29, 1.82) is 0 Å². The number of rotatable bonds is 5. The van der Waals surface area contributed by atoms with Crippen LogP contribution in [0, 0.1) is 0 Å². The molecule has 1 atom stereocenters. The van der Waals surface area contributed by atoms with Crippen LogP contribution in [-0.2, 0) is 9.47 Å². The van der Waals surface area contributed by atoms with E-state index in [1.54, 1.807) is 7.11 Å². The lowest BCUT2D eigenvalue weighted by Crippen LogP contribution is -2.34. The largest absolute Gasteiger partial charge is 0.385 e. The molecule has 0 saturated carbocycles. The van der Waals surface area contributed by atoms with Gasteiger partial charge in [0.15, 0.2) is 0 Å². The van der Waals surface area contributed by atoms with Gasteiger partial charge >= 0.3 is 0 Å². The molecule has 1 rings (SSSR count). The number of nitrogens with one attached hydrogen (secondary N) is 1. The molecule has 1 aliphatic rings. The van der Waals surface area contributed by atoms with Crippen molar-refractivity contribution in [3.05, 3.63) is 0 Å².